The Kier molecular flexibility index (Phi) is 7.20. The van der Waals surface area contributed by atoms with E-state index >= 15 is 0 Å². The van der Waals surface area contributed by atoms with Crippen molar-refractivity contribution in [3.05, 3.63) is 206 Å². The van der Waals surface area contributed by atoms with Crippen LogP contribution in [0.15, 0.2) is 188 Å². The van der Waals surface area contributed by atoms with Gasteiger partial charge in [-0.05, 0) is 57.8 Å². The number of nitrogens with zero attached hydrogens (tertiary/aromatic N) is 4. The van der Waals surface area contributed by atoms with Crippen LogP contribution in [-0.4, -0.2) is 9.55 Å². The monoisotopic (exact) mass is 953 g/mol. The summed E-state index contributed by atoms with van der Waals surface area (Å²) >= 11 is 0. The first-order chi connectivity index (χ1) is 32.5. The van der Waals surface area contributed by atoms with Gasteiger partial charge >= 0.3 is 21.1 Å². The molecule has 2 aromatic heterocycles. The van der Waals surface area contributed by atoms with E-state index in [2.05, 4.69) is 62.2 Å². The third-order valence-electron chi connectivity index (χ3n) is 10.3. The topological polar surface area (TPSA) is 33.5 Å². The average Bonchev–Trinajstić information content (AvgIpc) is 3.82. The van der Waals surface area contributed by atoms with Crippen molar-refractivity contribution in [3.63, 3.8) is 0 Å². The zero-order valence-corrected chi connectivity index (χ0v) is 34.5. The summed E-state index contributed by atoms with van der Waals surface area (Å²) < 4.78 is 95.7. The molecule has 5 nitrogen and oxygen atoms in total. The third kappa shape index (κ3) is 6.72. The molecular weight excluding hydrogens is 904 g/mol. The van der Waals surface area contributed by atoms with Crippen LogP contribution in [0, 0.1) is 12.1 Å². The summed E-state index contributed by atoms with van der Waals surface area (Å²) in [5.41, 5.74) is 4.65. The van der Waals surface area contributed by atoms with Crippen molar-refractivity contribution >= 4 is 44.6 Å². The molecule has 0 saturated carbocycles. The van der Waals surface area contributed by atoms with Gasteiger partial charge in [0, 0.05) is 34.3 Å². The second-order valence-electron chi connectivity index (χ2n) is 14.9. The molecule has 7 aromatic carbocycles. The van der Waals surface area contributed by atoms with Crippen LogP contribution in [0.3, 0.4) is 0 Å². The predicted molar refractivity (Wildman–Crippen MR) is 239 cm³/mol. The fraction of sp³-hybridized carbons (Fsp3) is 0.0755. The number of fused-ring (bicyclic) bond motifs is 4. The van der Waals surface area contributed by atoms with E-state index in [-0.39, 0.29) is 54.4 Å². The van der Waals surface area contributed by atoms with Gasteiger partial charge in [0.25, 0.3) is 0 Å². The molecule has 0 N–H and O–H groups in total. The van der Waals surface area contributed by atoms with Gasteiger partial charge in [0.2, 0.25) is 0 Å². The average molecular weight is 954 g/mol. The van der Waals surface area contributed by atoms with Crippen molar-refractivity contribution < 1.29 is 39.5 Å². The van der Waals surface area contributed by atoms with Crippen LogP contribution in [0.4, 0.5) is 22.7 Å². The van der Waals surface area contributed by atoms with E-state index in [4.69, 9.17) is 23.4 Å². The molecule has 6 heteroatoms. The second-order valence-corrected chi connectivity index (χ2v) is 14.9. The molecule has 10 rings (SSSR count). The first-order valence-corrected chi connectivity index (χ1v) is 18.8. The van der Waals surface area contributed by atoms with Crippen LogP contribution in [-0.2, 0) is 26.5 Å². The smallest absolute Gasteiger partial charge is 0.509 e. The molecule has 1 aliphatic rings. The molecule has 0 aliphatic carbocycles. The molecule has 0 bridgehead atoms. The number of anilines is 4. The number of hydrogen-bond donors (Lipinski definition) is 0. The standard InChI is InChI=1S/C53H40N4O.Pt/c1-36-55(48-27-13-14-28-49(48)56(36)52-43(37-17-7-5-8-18-37)24-16-25-44(52)38-19-9-6-10-20-38)40-21-15-22-41(34-40)58-42-29-30-46-45-23-11-12-26-47(45)57(50(46)35-42)51-33-39(31-32-54-51)53(2,3)4;/h5-33H,1H2,2-4H3;/q-2;+2/i5D,6D,7D,8D,9D,10D,17D,18D,19D,20D;. The maximum Gasteiger partial charge on any atom is 2.00 e. The van der Waals surface area contributed by atoms with Crippen LogP contribution >= 0.6 is 0 Å². The van der Waals surface area contributed by atoms with Crippen LogP contribution in [0.2, 0.25) is 0 Å². The van der Waals surface area contributed by atoms with Gasteiger partial charge in [-0.15, -0.1) is 35.7 Å². The van der Waals surface area contributed by atoms with Crippen molar-refractivity contribution in [1.29, 1.82) is 0 Å². The Hall–Kier alpha value is -6.68. The first kappa shape index (κ1) is 27.9. The minimum Gasteiger partial charge on any atom is -0.509 e. The zero-order valence-electron chi connectivity index (χ0n) is 42.2. The Bertz CT molecular complexity index is 3460. The Morgan fingerprint density at radius 1 is 0.644 bits per heavy atom. The number of ether oxygens (including phenoxy) is 1. The molecule has 0 amide bonds. The zero-order chi connectivity index (χ0) is 48.1. The summed E-state index contributed by atoms with van der Waals surface area (Å²) in [6.45, 7) is 11.1. The first-order valence-electron chi connectivity index (χ1n) is 23.8. The van der Waals surface area contributed by atoms with Crippen LogP contribution < -0.4 is 14.5 Å². The molecule has 288 valence electrons. The van der Waals surface area contributed by atoms with Gasteiger partial charge in [0.1, 0.15) is 11.6 Å². The van der Waals surface area contributed by atoms with E-state index in [9.17, 15) is 0 Å². The molecule has 0 radical (unpaired) electrons. The molecule has 0 spiro atoms. The van der Waals surface area contributed by atoms with Gasteiger partial charge in [-0.1, -0.05) is 148 Å². The number of benzene rings is 7. The van der Waals surface area contributed by atoms with Gasteiger partial charge in [-0.25, -0.2) is 4.98 Å². The van der Waals surface area contributed by atoms with Crippen LogP contribution in [0.5, 0.6) is 11.5 Å². The Balaban J connectivity index is 0.00000593. The number of hydrogen-bond acceptors (Lipinski definition) is 4. The molecule has 0 saturated heterocycles. The van der Waals surface area contributed by atoms with Crippen molar-refractivity contribution in [1.82, 2.24) is 9.55 Å². The Morgan fingerprint density at radius 3 is 1.97 bits per heavy atom. The molecule has 1 aliphatic heterocycles. The van der Waals surface area contributed by atoms with E-state index in [1.165, 1.54) is 0 Å². The summed E-state index contributed by atoms with van der Waals surface area (Å²) in [4.78, 5) is 8.33. The van der Waals surface area contributed by atoms with Crippen molar-refractivity contribution in [2.24, 2.45) is 0 Å². The molecular formula is C53H40N4OPt. The molecule has 0 atom stereocenters. The normalized spacial score (nSPS) is 14.9. The van der Waals surface area contributed by atoms with E-state index < -0.39 is 60.4 Å². The van der Waals surface area contributed by atoms with Gasteiger partial charge in [0.15, 0.2) is 0 Å². The SMILES string of the molecule is [2H]c1c([2H])c([2H])c(-c2cccc(-c3c([2H])c([2H])c([2H])c([2H])c3[2H])c2N2C(=C)N(c3[c-]c(Oc4[c-]c5c(cc4)c4ccccc4n5-c4cc(C(C)(C)C)ccn4)ccc3)c3ccccc32)c([2H])c1[2H].[Pt+2]. The maximum atomic E-state index is 9.03. The number of pyridine rings is 1. The summed E-state index contributed by atoms with van der Waals surface area (Å²) in [5, 5.41) is 2.02. The van der Waals surface area contributed by atoms with Crippen molar-refractivity contribution in [2.75, 3.05) is 9.80 Å². The summed E-state index contributed by atoms with van der Waals surface area (Å²) in [6.07, 6.45) is 1.83. The largest absolute Gasteiger partial charge is 2.00 e. The molecule has 0 unspecified atom stereocenters. The van der Waals surface area contributed by atoms with Crippen molar-refractivity contribution in [3.8, 4) is 39.6 Å². The van der Waals surface area contributed by atoms with Gasteiger partial charge in [-0.2, -0.15) is 12.1 Å². The van der Waals surface area contributed by atoms with Crippen molar-refractivity contribution in [2.45, 2.75) is 26.2 Å². The van der Waals surface area contributed by atoms with Crippen LogP contribution in [0.25, 0.3) is 49.9 Å². The van der Waals surface area contributed by atoms with E-state index in [0.717, 1.165) is 33.2 Å². The molecule has 9 aromatic rings. The minimum absolute atomic E-state index is 0. The van der Waals surface area contributed by atoms with Gasteiger partial charge in [0.05, 0.1) is 30.8 Å². The van der Waals surface area contributed by atoms with Gasteiger partial charge < -0.3 is 14.2 Å². The maximum absolute atomic E-state index is 9.03. The van der Waals surface area contributed by atoms with E-state index in [1.807, 2.05) is 77.8 Å². The quantitative estimate of drug-likeness (QED) is 0.149. The number of para-hydroxylation sites is 4. The molecule has 0 fully saturated rings. The molecule has 59 heavy (non-hydrogen) atoms. The molecule has 3 heterocycles. The minimum atomic E-state index is -0.574. The van der Waals surface area contributed by atoms with E-state index in [1.54, 1.807) is 29.2 Å². The Labute approximate surface area is 373 Å². The number of aromatic nitrogens is 2. The summed E-state index contributed by atoms with van der Waals surface area (Å²) in [7, 11) is 0. The van der Waals surface area contributed by atoms with Gasteiger partial charge in [-0.3, -0.25) is 4.90 Å². The number of rotatable bonds is 7. The summed E-state index contributed by atoms with van der Waals surface area (Å²) in [6, 6.07) is 35.3. The fourth-order valence-electron chi connectivity index (χ4n) is 7.62. The summed E-state index contributed by atoms with van der Waals surface area (Å²) in [5.74, 6) is 1.84. The fourth-order valence-corrected chi connectivity index (χ4v) is 7.62. The predicted octanol–water partition coefficient (Wildman–Crippen LogP) is 14.0. The Morgan fingerprint density at radius 2 is 1.27 bits per heavy atom. The third-order valence-corrected chi connectivity index (χ3v) is 10.3. The van der Waals surface area contributed by atoms with Crippen LogP contribution in [0.1, 0.15) is 40.0 Å². The second kappa shape index (κ2) is 15.2. The van der Waals surface area contributed by atoms with E-state index in [0.29, 0.717) is 34.4 Å².